The summed E-state index contributed by atoms with van der Waals surface area (Å²) >= 11 is 0. The highest BCUT2D eigenvalue weighted by Crippen LogP contribution is 2.45. The van der Waals surface area contributed by atoms with E-state index in [1.54, 1.807) is 12.1 Å². The van der Waals surface area contributed by atoms with E-state index in [1.807, 2.05) is 0 Å². The van der Waals surface area contributed by atoms with Gasteiger partial charge in [-0.05, 0) is 31.4 Å². The number of amides is 2. The van der Waals surface area contributed by atoms with Crippen LogP contribution in [0.1, 0.15) is 67.1 Å². The van der Waals surface area contributed by atoms with Crippen LogP contribution in [-0.2, 0) is 14.3 Å². The van der Waals surface area contributed by atoms with Crippen molar-refractivity contribution >= 4 is 17.8 Å². The molecule has 1 aromatic carbocycles. The van der Waals surface area contributed by atoms with Gasteiger partial charge in [0.05, 0.1) is 14.2 Å². The Morgan fingerprint density at radius 1 is 1.10 bits per heavy atom. The van der Waals surface area contributed by atoms with Gasteiger partial charge in [-0.2, -0.15) is 0 Å². The number of rotatable bonds is 5. The topological polar surface area (TPSA) is 94.2 Å². The lowest BCUT2D eigenvalue weighted by atomic mass is 9.95. The molecular weight excluding hydrogens is 376 g/mol. The first-order chi connectivity index (χ1) is 14.0. The monoisotopic (exact) mass is 402 g/mol. The summed E-state index contributed by atoms with van der Waals surface area (Å²) in [6, 6.07) is 2.86. The molecule has 4 rings (SSSR count). The predicted molar refractivity (Wildman–Crippen MR) is 103 cm³/mol. The standard InChI is InChI=1S/C21H26N2O6/c1-27-15-10-8-13-17(18(15)28-2)21(26)29-20(13)23-14(9-11-16(23)24)19(25)22-12-6-4-3-5-7-12/h8,10,12,14,20H,3-7,9,11H2,1-2H3,(H,22,25)/t14-,20+/m1/s1. The van der Waals surface area contributed by atoms with Crippen LogP contribution >= 0.6 is 0 Å². The zero-order chi connectivity index (χ0) is 20.5. The first-order valence-electron chi connectivity index (χ1n) is 10.1. The number of nitrogens with one attached hydrogen (secondary N) is 1. The van der Waals surface area contributed by atoms with Crippen LogP contribution in [0, 0.1) is 0 Å². The number of fused-ring (bicyclic) bond motifs is 1. The number of carbonyl (C=O) groups excluding carboxylic acids is 3. The van der Waals surface area contributed by atoms with Crippen molar-refractivity contribution in [1.82, 2.24) is 10.2 Å². The molecule has 1 aromatic rings. The van der Waals surface area contributed by atoms with Gasteiger partial charge < -0.3 is 19.5 Å². The summed E-state index contributed by atoms with van der Waals surface area (Å²) in [5.41, 5.74) is 0.751. The van der Waals surface area contributed by atoms with Crippen LogP contribution < -0.4 is 14.8 Å². The molecule has 0 aromatic heterocycles. The van der Waals surface area contributed by atoms with Gasteiger partial charge >= 0.3 is 5.97 Å². The number of nitrogens with zero attached hydrogens (tertiary/aromatic N) is 1. The molecular formula is C21H26N2O6. The maximum Gasteiger partial charge on any atom is 0.344 e. The quantitative estimate of drug-likeness (QED) is 0.760. The van der Waals surface area contributed by atoms with Crippen molar-refractivity contribution in [2.45, 2.75) is 63.3 Å². The van der Waals surface area contributed by atoms with E-state index in [0.717, 1.165) is 25.7 Å². The summed E-state index contributed by atoms with van der Waals surface area (Å²) < 4.78 is 16.2. The lowest BCUT2D eigenvalue weighted by molar-refractivity contribution is -0.146. The number of benzene rings is 1. The fourth-order valence-corrected chi connectivity index (χ4v) is 4.59. The Bertz CT molecular complexity index is 833. The second-order valence-electron chi connectivity index (χ2n) is 7.72. The van der Waals surface area contributed by atoms with Crippen LogP contribution in [0.3, 0.4) is 0 Å². The fourth-order valence-electron chi connectivity index (χ4n) is 4.59. The molecule has 1 saturated carbocycles. The lowest BCUT2D eigenvalue weighted by Gasteiger charge is -2.31. The normalized spacial score (nSPS) is 24.3. The van der Waals surface area contributed by atoms with E-state index in [2.05, 4.69) is 5.32 Å². The highest BCUT2D eigenvalue weighted by Gasteiger charge is 2.48. The number of esters is 1. The molecule has 8 heteroatoms. The van der Waals surface area contributed by atoms with E-state index in [-0.39, 0.29) is 35.6 Å². The highest BCUT2D eigenvalue weighted by molar-refractivity contribution is 5.99. The Kier molecular flexibility index (Phi) is 5.34. The SMILES string of the molecule is COc1ccc2c(c1OC)C(=O)O[C@@H]2N1C(=O)CC[C@@H]1C(=O)NC1CCCCC1. The Morgan fingerprint density at radius 2 is 1.86 bits per heavy atom. The van der Waals surface area contributed by atoms with Crippen LogP contribution in [0.5, 0.6) is 11.5 Å². The number of methoxy groups -OCH3 is 2. The van der Waals surface area contributed by atoms with E-state index in [4.69, 9.17) is 14.2 Å². The van der Waals surface area contributed by atoms with Crippen molar-refractivity contribution in [2.24, 2.45) is 0 Å². The van der Waals surface area contributed by atoms with E-state index in [0.29, 0.717) is 17.7 Å². The van der Waals surface area contributed by atoms with Crippen molar-refractivity contribution < 1.29 is 28.6 Å². The minimum Gasteiger partial charge on any atom is -0.493 e. The predicted octanol–water partition coefficient (Wildman–Crippen LogP) is 2.31. The summed E-state index contributed by atoms with van der Waals surface area (Å²) in [6.45, 7) is 0. The number of ether oxygens (including phenoxy) is 3. The van der Waals surface area contributed by atoms with Crippen LogP contribution in [0.2, 0.25) is 0 Å². The van der Waals surface area contributed by atoms with Crippen molar-refractivity contribution in [3.05, 3.63) is 23.3 Å². The number of cyclic esters (lactones) is 1. The third kappa shape index (κ3) is 3.41. The van der Waals surface area contributed by atoms with Gasteiger partial charge in [0, 0.05) is 18.0 Å². The third-order valence-corrected chi connectivity index (χ3v) is 6.03. The van der Waals surface area contributed by atoms with Gasteiger partial charge in [-0.15, -0.1) is 0 Å². The van der Waals surface area contributed by atoms with Gasteiger partial charge in [0.15, 0.2) is 11.5 Å². The molecule has 156 valence electrons. The number of carbonyl (C=O) groups is 3. The van der Waals surface area contributed by atoms with Crippen LogP contribution in [0.4, 0.5) is 0 Å². The summed E-state index contributed by atoms with van der Waals surface area (Å²) in [5, 5.41) is 3.09. The Morgan fingerprint density at radius 3 is 2.55 bits per heavy atom. The molecule has 0 spiro atoms. The molecule has 2 fully saturated rings. The lowest BCUT2D eigenvalue weighted by Crippen LogP contribution is -2.49. The number of likely N-dealkylation sites (tertiary alicyclic amines) is 1. The Hall–Kier alpha value is -2.77. The molecule has 1 saturated heterocycles. The van der Waals surface area contributed by atoms with Crippen molar-refractivity contribution in [3.8, 4) is 11.5 Å². The second kappa shape index (κ2) is 7.93. The van der Waals surface area contributed by atoms with E-state index >= 15 is 0 Å². The Balaban J connectivity index is 1.61. The molecule has 0 unspecified atom stereocenters. The van der Waals surface area contributed by atoms with Crippen LogP contribution in [0.15, 0.2) is 12.1 Å². The maximum atomic E-state index is 13.0. The Labute approximate surface area is 169 Å². The van der Waals surface area contributed by atoms with Crippen molar-refractivity contribution in [1.29, 1.82) is 0 Å². The van der Waals surface area contributed by atoms with E-state index in [1.165, 1.54) is 25.5 Å². The summed E-state index contributed by atoms with van der Waals surface area (Å²) in [6.07, 6.45) is 5.05. The third-order valence-electron chi connectivity index (χ3n) is 6.03. The van der Waals surface area contributed by atoms with Crippen LogP contribution in [-0.4, -0.2) is 49.0 Å². The zero-order valence-corrected chi connectivity index (χ0v) is 16.7. The first kappa shape index (κ1) is 19.5. The van der Waals surface area contributed by atoms with Gasteiger partial charge in [0.25, 0.3) is 0 Å². The van der Waals surface area contributed by atoms with E-state index in [9.17, 15) is 14.4 Å². The number of hydrogen-bond acceptors (Lipinski definition) is 6. The van der Waals surface area contributed by atoms with Gasteiger partial charge in [-0.3, -0.25) is 14.5 Å². The molecule has 2 aliphatic heterocycles. The fraction of sp³-hybridized carbons (Fsp3) is 0.571. The molecule has 0 bridgehead atoms. The molecule has 2 amide bonds. The molecule has 0 radical (unpaired) electrons. The zero-order valence-electron chi connectivity index (χ0n) is 16.7. The van der Waals surface area contributed by atoms with Crippen molar-refractivity contribution in [2.75, 3.05) is 14.2 Å². The maximum absolute atomic E-state index is 13.0. The summed E-state index contributed by atoms with van der Waals surface area (Å²) in [7, 11) is 2.93. The molecule has 2 atom stereocenters. The smallest absolute Gasteiger partial charge is 0.344 e. The minimum absolute atomic E-state index is 0.150. The summed E-state index contributed by atoms with van der Waals surface area (Å²) in [5.74, 6) is -0.288. The van der Waals surface area contributed by atoms with Gasteiger partial charge in [0.1, 0.15) is 11.6 Å². The largest absolute Gasteiger partial charge is 0.493 e. The van der Waals surface area contributed by atoms with E-state index < -0.39 is 18.2 Å². The second-order valence-corrected chi connectivity index (χ2v) is 7.72. The highest BCUT2D eigenvalue weighted by atomic mass is 16.6. The summed E-state index contributed by atoms with van der Waals surface area (Å²) in [4.78, 5) is 39.6. The molecule has 1 aliphatic carbocycles. The molecule has 3 aliphatic rings. The number of hydrogen-bond donors (Lipinski definition) is 1. The van der Waals surface area contributed by atoms with Crippen molar-refractivity contribution in [3.63, 3.8) is 0 Å². The molecule has 29 heavy (non-hydrogen) atoms. The molecule has 8 nitrogen and oxygen atoms in total. The van der Waals surface area contributed by atoms with Crippen LogP contribution in [0.25, 0.3) is 0 Å². The average Bonchev–Trinajstić information content (AvgIpc) is 3.27. The minimum atomic E-state index is -0.936. The molecule has 1 N–H and O–H groups in total. The van der Waals surface area contributed by atoms with Gasteiger partial charge in [0.2, 0.25) is 18.0 Å². The first-order valence-corrected chi connectivity index (χ1v) is 10.1. The van der Waals surface area contributed by atoms with Gasteiger partial charge in [-0.1, -0.05) is 19.3 Å². The van der Waals surface area contributed by atoms with Gasteiger partial charge in [-0.25, -0.2) is 4.79 Å². The average molecular weight is 402 g/mol. The molecule has 2 heterocycles.